The SMILES string of the molecule is C=CN1CC2(COC2)C1.CCC.Cn1cc(-c2nc3c4cccc(C(C)(F)F)c4nc(N)n3n2)cn1. The van der Waals surface area contributed by atoms with Crippen molar-refractivity contribution in [1.82, 2.24) is 34.3 Å². The molecule has 3 aromatic heterocycles. The highest BCUT2D eigenvalue weighted by Gasteiger charge is 2.47. The van der Waals surface area contributed by atoms with Crippen LogP contribution in [0.25, 0.3) is 27.9 Å². The van der Waals surface area contributed by atoms with Crippen LogP contribution in [-0.4, -0.2) is 60.6 Å². The number of nitrogens with zero attached hydrogens (tertiary/aromatic N) is 7. The zero-order valence-electron chi connectivity index (χ0n) is 21.1. The van der Waals surface area contributed by atoms with E-state index in [2.05, 4.69) is 45.5 Å². The maximum Gasteiger partial charge on any atom is 0.272 e. The number of aryl methyl sites for hydroxylation is 1. The Hall–Kier alpha value is -3.60. The van der Waals surface area contributed by atoms with Gasteiger partial charge in [0.05, 0.1) is 35.9 Å². The van der Waals surface area contributed by atoms with Gasteiger partial charge in [0.2, 0.25) is 5.95 Å². The van der Waals surface area contributed by atoms with Gasteiger partial charge in [0.1, 0.15) is 0 Å². The van der Waals surface area contributed by atoms with Crippen molar-refractivity contribution in [2.45, 2.75) is 33.1 Å². The lowest BCUT2D eigenvalue weighted by Crippen LogP contribution is -2.64. The third kappa shape index (κ3) is 4.88. The van der Waals surface area contributed by atoms with Crippen molar-refractivity contribution in [2.75, 3.05) is 32.0 Å². The lowest BCUT2D eigenvalue weighted by molar-refractivity contribution is -0.176. The molecule has 6 rings (SSSR count). The Balaban J connectivity index is 0.000000209. The Labute approximate surface area is 208 Å². The lowest BCUT2D eigenvalue weighted by Gasteiger charge is -2.54. The molecule has 2 fully saturated rings. The number of aromatic nitrogens is 6. The molecular weight excluding hydrogens is 466 g/mol. The molecule has 0 saturated carbocycles. The molecule has 5 heterocycles. The Morgan fingerprint density at radius 2 is 1.92 bits per heavy atom. The van der Waals surface area contributed by atoms with Crippen molar-refractivity contribution in [3.05, 3.63) is 48.9 Å². The first-order valence-electron chi connectivity index (χ1n) is 11.9. The summed E-state index contributed by atoms with van der Waals surface area (Å²) in [5.74, 6) is -2.64. The fourth-order valence-corrected chi connectivity index (χ4v) is 4.18. The summed E-state index contributed by atoms with van der Waals surface area (Å²) in [6, 6.07) is 4.56. The molecule has 1 spiro atoms. The van der Waals surface area contributed by atoms with Gasteiger partial charge in [-0.1, -0.05) is 39.0 Å². The molecule has 2 aliphatic heterocycles. The molecule has 0 radical (unpaired) electrons. The summed E-state index contributed by atoms with van der Waals surface area (Å²) in [5, 5.41) is 8.85. The predicted molar refractivity (Wildman–Crippen MR) is 135 cm³/mol. The van der Waals surface area contributed by atoms with Crippen molar-refractivity contribution >= 4 is 22.5 Å². The van der Waals surface area contributed by atoms with Crippen LogP contribution in [0.2, 0.25) is 0 Å². The molecule has 36 heavy (non-hydrogen) atoms. The van der Waals surface area contributed by atoms with Crippen LogP contribution < -0.4 is 5.73 Å². The number of para-hydroxylation sites is 1. The molecule has 11 heteroatoms. The summed E-state index contributed by atoms with van der Waals surface area (Å²) in [6.07, 6.45) is 6.53. The molecule has 1 aromatic carbocycles. The van der Waals surface area contributed by atoms with Gasteiger partial charge >= 0.3 is 0 Å². The Morgan fingerprint density at radius 3 is 2.44 bits per heavy atom. The van der Waals surface area contributed by atoms with Crippen LogP contribution >= 0.6 is 0 Å². The fraction of sp³-hybridized carbons (Fsp3) is 0.440. The highest BCUT2D eigenvalue weighted by atomic mass is 19.3. The van der Waals surface area contributed by atoms with Gasteiger partial charge in [0, 0.05) is 44.2 Å². The molecule has 0 aliphatic carbocycles. The Bertz CT molecular complexity index is 1360. The molecular formula is C25H32F2N8O. The van der Waals surface area contributed by atoms with Crippen LogP contribution in [0, 0.1) is 5.41 Å². The van der Waals surface area contributed by atoms with E-state index in [1.54, 1.807) is 36.3 Å². The maximum absolute atomic E-state index is 13.9. The van der Waals surface area contributed by atoms with E-state index in [4.69, 9.17) is 10.5 Å². The van der Waals surface area contributed by atoms with E-state index in [-0.39, 0.29) is 17.0 Å². The number of halogens is 2. The molecule has 2 aliphatic rings. The number of fused-ring (bicyclic) bond motifs is 3. The summed E-state index contributed by atoms with van der Waals surface area (Å²) in [4.78, 5) is 10.8. The number of hydrogen-bond donors (Lipinski definition) is 1. The van der Waals surface area contributed by atoms with Gasteiger partial charge in [-0.3, -0.25) is 4.68 Å². The lowest BCUT2D eigenvalue weighted by atomic mass is 9.78. The average Bonchev–Trinajstić information content (AvgIpc) is 3.39. The summed E-state index contributed by atoms with van der Waals surface area (Å²) in [5.41, 5.74) is 7.47. The first-order valence-corrected chi connectivity index (χ1v) is 11.9. The summed E-state index contributed by atoms with van der Waals surface area (Å²) >= 11 is 0. The largest absolute Gasteiger partial charge is 0.380 e. The second-order valence-corrected chi connectivity index (χ2v) is 9.42. The summed E-state index contributed by atoms with van der Waals surface area (Å²) < 4.78 is 35.8. The van der Waals surface area contributed by atoms with E-state index in [1.165, 1.54) is 17.0 Å². The van der Waals surface area contributed by atoms with Gasteiger partial charge in [0.25, 0.3) is 5.92 Å². The summed E-state index contributed by atoms with van der Waals surface area (Å²) in [7, 11) is 1.78. The highest BCUT2D eigenvalue weighted by molar-refractivity contribution is 5.95. The Morgan fingerprint density at radius 1 is 1.22 bits per heavy atom. The molecule has 0 atom stereocenters. The second-order valence-electron chi connectivity index (χ2n) is 9.42. The number of hydrogen-bond acceptors (Lipinski definition) is 7. The van der Waals surface area contributed by atoms with Crippen LogP contribution in [0.15, 0.2) is 43.4 Å². The predicted octanol–water partition coefficient (Wildman–Crippen LogP) is 4.25. The maximum atomic E-state index is 13.9. The normalized spacial score (nSPS) is 16.0. The van der Waals surface area contributed by atoms with Gasteiger partial charge in [0.15, 0.2) is 11.5 Å². The number of benzene rings is 1. The topological polar surface area (TPSA) is 99.4 Å². The second kappa shape index (κ2) is 9.81. The van der Waals surface area contributed by atoms with Gasteiger partial charge in [-0.25, -0.2) is 18.7 Å². The van der Waals surface area contributed by atoms with Crippen molar-refractivity contribution in [1.29, 1.82) is 0 Å². The highest BCUT2D eigenvalue weighted by Crippen LogP contribution is 2.37. The van der Waals surface area contributed by atoms with Crippen LogP contribution in [0.1, 0.15) is 32.8 Å². The number of nitrogen functional groups attached to an aromatic ring is 1. The zero-order chi connectivity index (χ0) is 26.1. The van der Waals surface area contributed by atoms with Crippen molar-refractivity contribution in [3.8, 4) is 11.4 Å². The van der Waals surface area contributed by atoms with E-state index in [0.29, 0.717) is 27.8 Å². The number of anilines is 1. The van der Waals surface area contributed by atoms with Gasteiger partial charge in [-0.05, 0) is 12.3 Å². The minimum atomic E-state index is -3.04. The number of likely N-dealkylation sites (tertiary alicyclic amines) is 1. The van der Waals surface area contributed by atoms with E-state index in [9.17, 15) is 8.78 Å². The van der Waals surface area contributed by atoms with E-state index < -0.39 is 5.92 Å². The molecule has 0 bridgehead atoms. The third-order valence-electron chi connectivity index (χ3n) is 5.92. The standard InChI is InChI=1S/C15H13F2N7.C7H11NO.C3H8/c1-15(16,17)10-5-3-4-9-11(10)20-14(18)24-13(9)21-12(22-24)8-6-19-23(2)7-8;1-2-8-3-7(4-8)5-9-6-7;1-3-2/h3-7H,1-2H3,(H2,18,20);2H,1,3-6H2;3H2,1-2H3. The van der Waals surface area contributed by atoms with Crippen LogP contribution in [-0.2, 0) is 17.7 Å². The molecule has 192 valence electrons. The van der Waals surface area contributed by atoms with E-state index >= 15 is 0 Å². The van der Waals surface area contributed by atoms with Crippen LogP contribution in [0.3, 0.4) is 0 Å². The van der Waals surface area contributed by atoms with Gasteiger partial charge in [-0.15, -0.1) is 5.10 Å². The summed E-state index contributed by atoms with van der Waals surface area (Å²) in [6.45, 7) is 13.0. The molecule has 4 aromatic rings. The molecule has 9 nitrogen and oxygen atoms in total. The van der Waals surface area contributed by atoms with E-state index in [1.807, 2.05) is 6.20 Å². The van der Waals surface area contributed by atoms with Gasteiger partial charge < -0.3 is 15.4 Å². The fourth-order valence-electron chi connectivity index (χ4n) is 4.18. The van der Waals surface area contributed by atoms with Crippen LogP contribution in [0.4, 0.5) is 14.7 Å². The first kappa shape index (κ1) is 25.5. The number of ether oxygens (including phenoxy) is 1. The van der Waals surface area contributed by atoms with Crippen molar-refractivity contribution < 1.29 is 13.5 Å². The average molecular weight is 499 g/mol. The number of alkyl halides is 2. The number of nitrogens with two attached hydrogens (primary N) is 1. The smallest absolute Gasteiger partial charge is 0.272 e. The monoisotopic (exact) mass is 498 g/mol. The van der Waals surface area contributed by atoms with Gasteiger partial charge in [-0.2, -0.15) is 9.61 Å². The third-order valence-corrected chi connectivity index (χ3v) is 5.92. The minimum Gasteiger partial charge on any atom is -0.380 e. The van der Waals surface area contributed by atoms with Crippen molar-refractivity contribution in [3.63, 3.8) is 0 Å². The minimum absolute atomic E-state index is 0.00293. The Kier molecular flexibility index (Phi) is 6.94. The first-order chi connectivity index (χ1) is 17.1. The molecule has 0 amide bonds. The van der Waals surface area contributed by atoms with E-state index in [0.717, 1.165) is 33.2 Å². The van der Waals surface area contributed by atoms with Crippen molar-refractivity contribution in [2.24, 2.45) is 12.5 Å². The molecule has 2 N–H and O–H groups in total. The zero-order valence-corrected chi connectivity index (χ0v) is 21.1. The number of rotatable bonds is 3. The molecule has 2 saturated heterocycles. The van der Waals surface area contributed by atoms with Crippen LogP contribution in [0.5, 0.6) is 0 Å². The quantitative estimate of drug-likeness (QED) is 0.451. The molecule has 0 unspecified atom stereocenters.